The molecule has 0 saturated carbocycles. The molecule has 1 heterocycles. The predicted octanol–water partition coefficient (Wildman–Crippen LogP) is 2.26. The highest BCUT2D eigenvalue weighted by Gasteiger charge is 2.30. The number of hydrogen-bond acceptors (Lipinski definition) is 4. The van der Waals surface area contributed by atoms with Crippen molar-refractivity contribution in [3.05, 3.63) is 17.5 Å². The second kappa shape index (κ2) is 5.34. The highest BCUT2D eigenvalue weighted by Crippen LogP contribution is 2.23. The Morgan fingerprint density at radius 2 is 1.83 bits per heavy atom. The molecule has 0 aliphatic heterocycles. The molecule has 0 unspecified atom stereocenters. The van der Waals surface area contributed by atoms with Crippen LogP contribution < -0.4 is 0 Å². The molecular formula is C13H15N5. The Labute approximate surface area is 107 Å². The molecule has 0 N–H and O–H groups in total. The van der Waals surface area contributed by atoms with Gasteiger partial charge in [0.05, 0.1) is 6.20 Å². The van der Waals surface area contributed by atoms with Gasteiger partial charge >= 0.3 is 0 Å². The van der Waals surface area contributed by atoms with E-state index in [0.29, 0.717) is 12.5 Å². The Morgan fingerprint density at radius 3 is 2.28 bits per heavy atom. The third-order valence-electron chi connectivity index (χ3n) is 2.89. The second-order valence-corrected chi connectivity index (χ2v) is 4.58. The molecule has 0 bridgehead atoms. The topological polar surface area (TPSA) is 89.2 Å². The van der Waals surface area contributed by atoms with Crippen LogP contribution >= 0.6 is 0 Å². The predicted molar refractivity (Wildman–Crippen MR) is 64.9 cm³/mol. The number of nitriles is 3. The average Bonchev–Trinajstić information content (AvgIpc) is 2.73. The van der Waals surface area contributed by atoms with Crippen molar-refractivity contribution in [3.8, 4) is 18.2 Å². The van der Waals surface area contributed by atoms with Gasteiger partial charge in [-0.1, -0.05) is 13.8 Å². The van der Waals surface area contributed by atoms with Crippen molar-refractivity contribution >= 4 is 0 Å². The van der Waals surface area contributed by atoms with Crippen molar-refractivity contribution in [1.82, 2.24) is 9.78 Å². The lowest BCUT2D eigenvalue weighted by Gasteiger charge is -2.14. The van der Waals surface area contributed by atoms with Crippen LogP contribution in [0.5, 0.6) is 0 Å². The lowest BCUT2D eigenvalue weighted by atomic mass is 9.90. The highest BCUT2D eigenvalue weighted by atomic mass is 15.3. The highest BCUT2D eigenvalue weighted by molar-refractivity contribution is 5.26. The van der Waals surface area contributed by atoms with Crippen LogP contribution in [0, 0.1) is 46.3 Å². The first-order valence-electron chi connectivity index (χ1n) is 5.75. The molecule has 0 spiro atoms. The van der Waals surface area contributed by atoms with Gasteiger partial charge in [-0.3, -0.25) is 4.68 Å². The Morgan fingerprint density at radius 1 is 1.28 bits per heavy atom. The van der Waals surface area contributed by atoms with Crippen molar-refractivity contribution in [2.24, 2.45) is 5.41 Å². The number of aromatic nitrogens is 2. The largest absolute Gasteiger partial charge is 0.269 e. The van der Waals surface area contributed by atoms with Crippen LogP contribution in [-0.4, -0.2) is 9.78 Å². The third kappa shape index (κ3) is 2.50. The van der Waals surface area contributed by atoms with E-state index in [-0.39, 0.29) is 6.42 Å². The van der Waals surface area contributed by atoms with E-state index in [9.17, 15) is 0 Å². The number of aryl methyl sites for hydroxylation is 2. The van der Waals surface area contributed by atoms with Crippen molar-refractivity contribution in [2.75, 3.05) is 0 Å². The van der Waals surface area contributed by atoms with Gasteiger partial charge in [0.2, 0.25) is 5.41 Å². The first kappa shape index (κ1) is 13.7. The molecule has 5 heteroatoms. The number of hydrogen-bond donors (Lipinski definition) is 0. The molecule has 0 radical (unpaired) electrons. The molecule has 0 aliphatic carbocycles. The third-order valence-corrected chi connectivity index (χ3v) is 2.89. The van der Waals surface area contributed by atoms with E-state index < -0.39 is 5.41 Å². The van der Waals surface area contributed by atoms with E-state index in [0.717, 1.165) is 11.3 Å². The zero-order chi connectivity index (χ0) is 13.8. The fourth-order valence-electron chi connectivity index (χ4n) is 1.94. The smallest absolute Gasteiger partial charge is 0.230 e. The molecule has 0 aromatic carbocycles. The number of rotatable bonds is 4. The molecule has 0 saturated heterocycles. The molecule has 1 aromatic heterocycles. The van der Waals surface area contributed by atoms with Crippen LogP contribution in [0.3, 0.4) is 0 Å². The van der Waals surface area contributed by atoms with Gasteiger partial charge < -0.3 is 0 Å². The first-order valence-corrected chi connectivity index (χ1v) is 5.75. The van der Waals surface area contributed by atoms with Crippen molar-refractivity contribution < 1.29 is 0 Å². The van der Waals surface area contributed by atoms with Gasteiger partial charge in [0.1, 0.15) is 18.2 Å². The average molecular weight is 241 g/mol. The Kier molecular flexibility index (Phi) is 4.08. The minimum atomic E-state index is -1.58. The minimum Gasteiger partial charge on any atom is -0.269 e. The van der Waals surface area contributed by atoms with Gasteiger partial charge in [0, 0.05) is 18.7 Å². The second-order valence-electron chi connectivity index (χ2n) is 4.58. The normalized spacial score (nSPS) is 10.7. The van der Waals surface area contributed by atoms with E-state index in [1.165, 1.54) is 0 Å². The minimum absolute atomic E-state index is 0.164. The summed E-state index contributed by atoms with van der Waals surface area (Å²) in [6.45, 7) is 6.50. The summed E-state index contributed by atoms with van der Waals surface area (Å²) in [5.41, 5.74) is 0.591. The van der Waals surface area contributed by atoms with Crippen molar-refractivity contribution in [1.29, 1.82) is 15.8 Å². The molecular weight excluding hydrogens is 226 g/mol. The maximum Gasteiger partial charge on any atom is 0.230 e. The molecule has 0 fully saturated rings. The zero-order valence-corrected chi connectivity index (χ0v) is 10.8. The summed E-state index contributed by atoms with van der Waals surface area (Å²) in [4.78, 5) is 0. The summed E-state index contributed by atoms with van der Waals surface area (Å²) in [5, 5.41) is 31.0. The zero-order valence-electron chi connectivity index (χ0n) is 10.8. The molecule has 1 rings (SSSR count). The molecule has 0 aliphatic rings. The maximum atomic E-state index is 8.91. The quantitative estimate of drug-likeness (QED) is 0.808. The molecule has 0 amide bonds. The van der Waals surface area contributed by atoms with Crippen LogP contribution in [-0.2, 0) is 6.54 Å². The van der Waals surface area contributed by atoms with E-state index in [2.05, 4.69) is 18.9 Å². The molecule has 92 valence electrons. The summed E-state index contributed by atoms with van der Waals surface area (Å²) in [7, 11) is 0. The number of nitrogens with zero attached hydrogens (tertiary/aromatic N) is 5. The van der Waals surface area contributed by atoms with Gasteiger partial charge in [-0.2, -0.15) is 20.9 Å². The molecule has 1 aromatic rings. The standard InChI is InChI=1S/C13H15N5/c1-10(2)12-11(3)6-17-18(12)5-4-13(7-14,8-15)9-16/h6,10H,4-5H2,1-3H3. The lowest BCUT2D eigenvalue weighted by Crippen LogP contribution is -2.18. The van der Waals surface area contributed by atoms with Crippen LogP contribution in [0.1, 0.15) is 37.4 Å². The summed E-state index contributed by atoms with van der Waals surface area (Å²) >= 11 is 0. The first-order chi connectivity index (χ1) is 8.49. The van der Waals surface area contributed by atoms with Crippen molar-refractivity contribution in [3.63, 3.8) is 0 Å². The van der Waals surface area contributed by atoms with Crippen LogP contribution in [0.15, 0.2) is 6.20 Å². The molecule has 18 heavy (non-hydrogen) atoms. The lowest BCUT2D eigenvalue weighted by molar-refractivity contribution is 0.475. The molecule has 5 nitrogen and oxygen atoms in total. The van der Waals surface area contributed by atoms with Gasteiger partial charge in [-0.05, 0) is 18.4 Å². The van der Waals surface area contributed by atoms with Crippen LogP contribution in [0.25, 0.3) is 0 Å². The molecule has 0 atom stereocenters. The maximum absolute atomic E-state index is 8.91. The summed E-state index contributed by atoms with van der Waals surface area (Å²) in [6.07, 6.45) is 1.93. The van der Waals surface area contributed by atoms with Gasteiger partial charge in [0.25, 0.3) is 0 Å². The van der Waals surface area contributed by atoms with Crippen molar-refractivity contribution in [2.45, 2.75) is 39.7 Å². The van der Waals surface area contributed by atoms with Gasteiger partial charge in [-0.15, -0.1) is 0 Å². The fourth-order valence-corrected chi connectivity index (χ4v) is 1.94. The van der Waals surface area contributed by atoms with E-state index >= 15 is 0 Å². The Bertz CT molecular complexity index is 511. The monoisotopic (exact) mass is 241 g/mol. The van der Waals surface area contributed by atoms with Gasteiger partial charge in [0.15, 0.2) is 0 Å². The van der Waals surface area contributed by atoms with Crippen LogP contribution in [0.4, 0.5) is 0 Å². The Balaban J connectivity index is 2.93. The Hall–Kier alpha value is -2.32. The SMILES string of the molecule is Cc1cnn(CCC(C#N)(C#N)C#N)c1C(C)C. The van der Waals surface area contributed by atoms with E-state index in [4.69, 9.17) is 15.8 Å². The van der Waals surface area contributed by atoms with Crippen LogP contribution in [0.2, 0.25) is 0 Å². The summed E-state index contributed by atoms with van der Waals surface area (Å²) in [5.74, 6) is 0.313. The fraction of sp³-hybridized carbons (Fsp3) is 0.538. The van der Waals surface area contributed by atoms with Gasteiger partial charge in [-0.25, -0.2) is 0 Å². The van der Waals surface area contributed by atoms with E-state index in [1.54, 1.807) is 29.1 Å². The summed E-state index contributed by atoms with van der Waals surface area (Å²) < 4.78 is 1.78. The van der Waals surface area contributed by atoms with E-state index in [1.807, 2.05) is 6.92 Å². The summed E-state index contributed by atoms with van der Waals surface area (Å²) in [6, 6.07) is 5.33.